The average Bonchev–Trinajstić information content (AvgIpc) is 3.31. The van der Waals surface area contributed by atoms with Gasteiger partial charge in [0.2, 0.25) is 0 Å². The van der Waals surface area contributed by atoms with E-state index in [1.807, 2.05) is 53.7 Å². The first-order valence-corrected chi connectivity index (χ1v) is 26.5. The van der Waals surface area contributed by atoms with Crippen molar-refractivity contribution in [3.63, 3.8) is 0 Å². The summed E-state index contributed by atoms with van der Waals surface area (Å²) in [6, 6.07) is 25.5. The summed E-state index contributed by atoms with van der Waals surface area (Å²) >= 11 is 7.20. The molecule has 0 aliphatic carbocycles. The van der Waals surface area contributed by atoms with Gasteiger partial charge in [0.05, 0.1) is 47.1 Å². The first-order chi connectivity index (χ1) is 34.3. The standard InChI is InChI=1S/C15H21NO4S.C14H19NO6S.C14H19NO4S.C8H8O2S.Na.H2O/c1-15(2,3)20-14(18)16-9-10-21-12-7-5-11(6-8-12)13(17)19-4;1-14(2,3)21-13(18)15-8-9-22(19,20)11-6-4-10(5-7-11)12(16)17;1-14(2,3)19-13(18)15-8-9-20-11-6-4-10(5-7-11)12(16)17;1-10-8(9)6-2-4-7(11)5-3-6;;/h5-8H,9-10H2,1-4H3,(H,16,18);4-7H,8-9H2,1-3H3,(H,15,18)(H,16,17);4-7H,8-9H2,1-3H3,(H,15,18)(H,16,17);2-5,11H,1H3;;1H2/q;;;;+1;/p-1. The summed E-state index contributed by atoms with van der Waals surface area (Å²) in [6.07, 6.45) is -1.53. The van der Waals surface area contributed by atoms with Gasteiger partial charge in [-0.3, -0.25) is 0 Å². The number of hydrogen-bond donors (Lipinski definition) is 6. The van der Waals surface area contributed by atoms with Gasteiger partial charge >= 0.3 is 71.7 Å². The summed E-state index contributed by atoms with van der Waals surface area (Å²) < 4.78 is 48.5. The van der Waals surface area contributed by atoms with Crippen molar-refractivity contribution in [1.29, 1.82) is 0 Å². The van der Waals surface area contributed by atoms with Gasteiger partial charge in [0.15, 0.2) is 9.84 Å². The van der Waals surface area contributed by atoms with Crippen molar-refractivity contribution in [1.82, 2.24) is 16.0 Å². The zero-order valence-electron chi connectivity index (χ0n) is 44.7. The van der Waals surface area contributed by atoms with Crippen LogP contribution in [-0.2, 0) is 33.5 Å². The van der Waals surface area contributed by atoms with E-state index < -0.39 is 56.9 Å². The Morgan fingerprint density at radius 2 is 0.789 bits per heavy atom. The van der Waals surface area contributed by atoms with Gasteiger partial charge in [-0.25, -0.2) is 42.0 Å². The quantitative estimate of drug-likeness (QED) is 0.0177. The Bertz CT molecular complexity index is 2550. The molecular weight excluding hydrogens is 1080 g/mol. The molecule has 0 unspecified atom stereocenters. The van der Waals surface area contributed by atoms with Crippen molar-refractivity contribution in [2.75, 3.05) is 51.1 Å². The molecule has 4 aromatic carbocycles. The third kappa shape index (κ3) is 33.5. The monoisotopic (exact) mass is 1150 g/mol. The topological polar surface area (TPSA) is 306 Å². The number of aromatic carboxylic acids is 2. The average molecular weight is 1150 g/mol. The number of ether oxygens (including phenoxy) is 5. The fraction of sp³-hybridized carbons (Fsp3) is 0.392. The Hall–Kier alpha value is -5.47. The second-order valence-corrected chi connectivity index (χ2v) is 23.0. The number of methoxy groups -OCH3 is 2. The van der Waals surface area contributed by atoms with E-state index in [0.717, 1.165) is 20.4 Å². The first kappa shape index (κ1) is 72.6. The minimum atomic E-state index is -3.61. The van der Waals surface area contributed by atoms with E-state index in [2.05, 4.69) is 38.1 Å². The first-order valence-electron chi connectivity index (χ1n) is 22.5. The van der Waals surface area contributed by atoms with Crippen LogP contribution in [0.25, 0.3) is 0 Å². The molecule has 0 radical (unpaired) electrons. The minimum absolute atomic E-state index is 0. The third-order valence-electron chi connectivity index (χ3n) is 8.24. The summed E-state index contributed by atoms with van der Waals surface area (Å²) in [7, 11) is -0.893. The van der Waals surface area contributed by atoms with E-state index in [1.165, 1.54) is 50.2 Å². The number of thiol groups is 1. The van der Waals surface area contributed by atoms with Gasteiger partial charge < -0.3 is 55.3 Å². The van der Waals surface area contributed by atoms with Crippen LogP contribution in [0.3, 0.4) is 0 Å². The number of alkyl carbamates (subject to hydrolysis) is 3. The van der Waals surface area contributed by atoms with Crippen LogP contribution in [-0.4, -0.2) is 134 Å². The van der Waals surface area contributed by atoms with Crippen LogP contribution in [0, 0.1) is 0 Å². The molecule has 76 heavy (non-hydrogen) atoms. The van der Waals surface area contributed by atoms with Crippen LogP contribution in [0.1, 0.15) is 104 Å². The maximum Gasteiger partial charge on any atom is 1.00 e. The number of thioether (sulfide) groups is 2. The van der Waals surface area contributed by atoms with Crippen LogP contribution < -0.4 is 45.5 Å². The SMILES string of the molecule is CC(C)(C)OC(=O)NCCS(=O)(=O)c1ccc(C(=O)O)cc1.CC(C)(C)OC(=O)NCCSc1ccc(C(=O)O)cc1.COC(=O)c1ccc(S)cc1.COC(=O)c1ccc(SCCNC(=O)OC(C)(C)C)cc1.[Na+].[OH-]. The third-order valence-corrected chi connectivity index (χ3v) is 12.3. The zero-order chi connectivity index (χ0) is 56.3. The van der Waals surface area contributed by atoms with Gasteiger partial charge in [-0.1, -0.05) is 0 Å². The molecule has 0 aromatic heterocycles. The van der Waals surface area contributed by atoms with E-state index in [-0.39, 0.29) is 75.3 Å². The molecule has 0 aliphatic rings. The van der Waals surface area contributed by atoms with E-state index in [9.17, 15) is 42.0 Å². The largest absolute Gasteiger partial charge is 1.00 e. The summed E-state index contributed by atoms with van der Waals surface area (Å²) in [4.78, 5) is 80.6. The van der Waals surface area contributed by atoms with Crippen LogP contribution >= 0.6 is 36.2 Å². The fourth-order valence-corrected chi connectivity index (χ4v) is 7.85. The molecule has 25 heteroatoms. The van der Waals surface area contributed by atoms with E-state index in [0.29, 0.717) is 30.0 Å². The molecule has 414 valence electrons. The Morgan fingerprint density at radius 1 is 0.500 bits per heavy atom. The van der Waals surface area contributed by atoms with Crippen LogP contribution in [0.2, 0.25) is 0 Å². The number of carbonyl (C=O) groups is 7. The van der Waals surface area contributed by atoms with Crippen molar-refractivity contribution >= 4 is 88.1 Å². The Balaban J connectivity index is 0. The summed E-state index contributed by atoms with van der Waals surface area (Å²) in [6.45, 7) is 16.9. The Labute approximate surface area is 480 Å². The number of carboxylic acids is 2. The van der Waals surface area contributed by atoms with Gasteiger partial charge in [-0.05, 0) is 159 Å². The zero-order valence-corrected chi connectivity index (χ0v) is 50.1. The van der Waals surface area contributed by atoms with Crippen molar-refractivity contribution < 1.29 is 111 Å². The number of rotatable bonds is 16. The predicted molar refractivity (Wildman–Crippen MR) is 288 cm³/mol. The van der Waals surface area contributed by atoms with Crippen LogP contribution in [0.4, 0.5) is 14.4 Å². The molecule has 0 spiro atoms. The molecule has 3 amide bonds. The number of amides is 3. The number of carboxylic acid groups (broad SMARTS) is 2. The molecule has 20 nitrogen and oxygen atoms in total. The van der Waals surface area contributed by atoms with Gasteiger partial charge in [-0.2, -0.15) is 0 Å². The molecular formula is C51H68N3NaO17S4. The number of esters is 2. The molecule has 0 atom stereocenters. The van der Waals surface area contributed by atoms with Crippen molar-refractivity contribution in [3.05, 3.63) is 119 Å². The number of benzene rings is 4. The molecule has 0 aliphatic heterocycles. The number of carbonyl (C=O) groups excluding carboxylic acids is 5. The number of hydrogen-bond acceptors (Lipinski definition) is 18. The van der Waals surface area contributed by atoms with Crippen LogP contribution in [0.15, 0.2) is 117 Å². The second-order valence-electron chi connectivity index (χ2n) is 18.0. The van der Waals surface area contributed by atoms with Crippen molar-refractivity contribution in [3.8, 4) is 0 Å². The van der Waals surface area contributed by atoms with Gasteiger partial charge in [0.25, 0.3) is 0 Å². The molecule has 0 bridgehead atoms. The molecule has 0 saturated carbocycles. The predicted octanol–water partition coefficient (Wildman–Crippen LogP) is 6.36. The summed E-state index contributed by atoms with van der Waals surface area (Å²) in [5.41, 5.74) is -0.299. The molecule has 0 heterocycles. The molecule has 0 fully saturated rings. The number of sulfone groups is 1. The minimum Gasteiger partial charge on any atom is -0.870 e. The molecule has 4 aromatic rings. The summed E-state index contributed by atoms with van der Waals surface area (Å²) in [5.74, 6) is -1.64. The fourth-order valence-electron chi connectivity index (χ4n) is 5.01. The van der Waals surface area contributed by atoms with E-state index in [1.54, 1.807) is 93.2 Å². The van der Waals surface area contributed by atoms with Crippen molar-refractivity contribution in [2.45, 2.75) is 98.7 Å². The Morgan fingerprint density at radius 3 is 1.09 bits per heavy atom. The Kier molecular flexibility index (Phi) is 34.2. The van der Waals surface area contributed by atoms with E-state index in [4.69, 9.17) is 24.4 Å². The van der Waals surface area contributed by atoms with Crippen LogP contribution in [0.5, 0.6) is 0 Å². The molecule has 0 saturated heterocycles. The smallest absolute Gasteiger partial charge is 0.870 e. The van der Waals surface area contributed by atoms with Crippen molar-refractivity contribution in [2.24, 2.45) is 0 Å². The maximum atomic E-state index is 12.0. The molecule has 4 rings (SSSR count). The maximum absolute atomic E-state index is 12.0. The summed E-state index contributed by atoms with van der Waals surface area (Å²) in [5, 5.41) is 25.3. The normalized spacial score (nSPS) is 10.6. The number of nitrogens with one attached hydrogen (secondary N) is 3. The van der Waals surface area contributed by atoms with Gasteiger partial charge in [0.1, 0.15) is 16.8 Å². The van der Waals surface area contributed by atoms with Gasteiger partial charge in [-0.15, -0.1) is 36.2 Å². The molecule has 6 N–H and O–H groups in total. The van der Waals surface area contributed by atoms with Gasteiger partial charge in [0, 0.05) is 45.8 Å². The second kappa shape index (κ2) is 35.8. The van der Waals surface area contributed by atoms with E-state index >= 15 is 0 Å².